The average Bonchev–Trinajstić information content (AvgIpc) is 3.41. The summed E-state index contributed by atoms with van der Waals surface area (Å²) in [6.07, 6.45) is 3.32. The maximum absolute atomic E-state index is 11.9. The third-order valence-corrected chi connectivity index (χ3v) is 5.89. The molecule has 1 fully saturated rings. The zero-order chi connectivity index (χ0) is 25.7. The highest BCUT2D eigenvalue weighted by molar-refractivity contribution is 5.76. The molecule has 1 saturated carbocycles. The second-order valence-electron chi connectivity index (χ2n) is 8.65. The lowest BCUT2D eigenvalue weighted by Gasteiger charge is -2.20. The lowest BCUT2D eigenvalue weighted by Crippen LogP contribution is -2.16. The molecule has 8 nitrogen and oxygen atoms in total. The Kier molecular flexibility index (Phi) is 7.68. The molecular formula is C25H26F3N5O3. The van der Waals surface area contributed by atoms with Crippen molar-refractivity contribution in [2.75, 3.05) is 11.9 Å². The number of anilines is 1. The number of carbonyl (C=O) groups is 1. The SMILES string of the molecule is Cc1ccc(-c2noc(C3CCC3)n2)cc1NC=O.Cc1cnc2ccc(COCC(F)(F)F)cn12. The molecule has 1 N–H and O–H groups in total. The minimum Gasteiger partial charge on any atom is -0.367 e. The van der Waals surface area contributed by atoms with E-state index in [9.17, 15) is 18.0 Å². The van der Waals surface area contributed by atoms with Crippen LogP contribution in [0.5, 0.6) is 0 Å². The van der Waals surface area contributed by atoms with Gasteiger partial charge in [0.25, 0.3) is 0 Å². The van der Waals surface area contributed by atoms with E-state index in [1.807, 2.05) is 36.4 Å². The number of nitrogens with one attached hydrogen (secondary N) is 1. The molecule has 1 aliphatic carbocycles. The van der Waals surface area contributed by atoms with E-state index in [0.717, 1.165) is 46.9 Å². The first-order valence-corrected chi connectivity index (χ1v) is 11.5. The number of carbonyl (C=O) groups excluding carboxylic acids is 1. The van der Waals surface area contributed by atoms with Gasteiger partial charge in [-0.3, -0.25) is 4.79 Å². The fraction of sp³-hybridized carbons (Fsp3) is 0.360. The molecule has 0 radical (unpaired) electrons. The van der Waals surface area contributed by atoms with Crippen LogP contribution in [0.15, 0.2) is 47.2 Å². The predicted molar refractivity (Wildman–Crippen MR) is 126 cm³/mol. The van der Waals surface area contributed by atoms with Crippen LogP contribution < -0.4 is 5.32 Å². The van der Waals surface area contributed by atoms with Gasteiger partial charge in [-0.05, 0) is 49.9 Å². The summed E-state index contributed by atoms with van der Waals surface area (Å²) in [7, 11) is 0. The number of pyridine rings is 1. The van der Waals surface area contributed by atoms with Gasteiger partial charge in [0.2, 0.25) is 18.1 Å². The number of benzene rings is 1. The molecule has 1 aliphatic rings. The Morgan fingerprint density at radius 2 is 2.03 bits per heavy atom. The number of amides is 1. The Morgan fingerprint density at radius 1 is 1.22 bits per heavy atom. The predicted octanol–water partition coefficient (Wildman–Crippen LogP) is 5.60. The van der Waals surface area contributed by atoms with Crippen LogP contribution in [0.2, 0.25) is 0 Å². The molecule has 3 aromatic heterocycles. The lowest BCUT2D eigenvalue weighted by atomic mass is 9.85. The zero-order valence-electron chi connectivity index (χ0n) is 19.9. The first kappa shape index (κ1) is 25.4. The second-order valence-corrected chi connectivity index (χ2v) is 8.65. The Bertz CT molecular complexity index is 1330. The van der Waals surface area contributed by atoms with Crippen LogP contribution in [0.25, 0.3) is 17.0 Å². The van der Waals surface area contributed by atoms with Gasteiger partial charge < -0.3 is 19.0 Å². The van der Waals surface area contributed by atoms with E-state index < -0.39 is 12.8 Å². The van der Waals surface area contributed by atoms with Gasteiger partial charge in [0, 0.05) is 35.3 Å². The van der Waals surface area contributed by atoms with E-state index in [2.05, 4.69) is 25.2 Å². The maximum atomic E-state index is 11.9. The number of imidazole rings is 1. The molecular weight excluding hydrogens is 475 g/mol. The van der Waals surface area contributed by atoms with Crippen molar-refractivity contribution in [1.29, 1.82) is 0 Å². The number of alkyl halides is 3. The molecule has 4 aromatic rings. The minimum absolute atomic E-state index is 0.0624. The molecule has 3 heterocycles. The van der Waals surface area contributed by atoms with E-state index in [4.69, 9.17) is 4.52 Å². The van der Waals surface area contributed by atoms with Gasteiger partial charge >= 0.3 is 6.18 Å². The number of rotatable bonds is 7. The molecule has 190 valence electrons. The monoisotopic (exact) mass is 501 g/mol. The third kappa shape index (κ3) is 6.28. The van der Waals surface area contributed by atoms with Crippen molar-refractivity contribution in [3.63, 3.8) is 0 Å². The molecule has 11 heteroatoms. The summed E-state index contributed by atoms with van der Waals surface area (Å²) in [5.41, 5.74) is 4.99. The second kappa shape index (κ2) is 10.9. The lowest BCUT2D eigenvalue weighted by molar-refractivity contribution is -0.176. The molecule has 0 atom stereocenters. The Labute approximate surface area is 205 Å². The fourth-order valence-corrected chi connectivity index (χ4v) is 3.67. The molecule has 0 spiro atoms. The summed E-state index contributed by atoms with van der Waals surface area (Å²) in [5.74, 6) is 1.74. The van der Waals surface area contributed by atoms with Crippen molar-refractivity contribution < 1.29 is 27.2 Å². The summed E-state index contributed by atoms with van der Waals surface area (Å²) in [5, 5.41) is 6.69. The van der Waals surface area contributed by atoms with E-state index in [-0.39, 0.29) is 6.61 Å². The van der Waals surface area contributed by atoms with Crippen LogP contribution in [0.3, 0.4) is 0 Å². The van der Waals surface area contributed by atoms with Crippen molar-refractivity contribution in [2.24, 2.45) is 0 Å². The van der Waals surface area contributed by atoms with E-state index >= 15 is 0 Å². The standard InChI is InChI=1S/C14H15N3O2.C11H11F3N2O/c1-9-5-6-11(7-12(9)15-8-18)13-16-14(19-17-13)10-3-2-4-10;1-8-4-15-10-3-2-9(5-16(8)10)6-17-7-11(12,13)14/h5-8,10H,2-4H2,1H3,(H,15,18);2-5H,6-7H2,1H3. The maximum Gasteiger partial charge on any atom is 0.411 e. The van der Waals surface area contributed by atoms with E-state index in [1.165, 1.54) is 6.42 Å². The highest BCUT2D eigenvalue weighted by atomic mass is 19.4. The minimum atomic E-state index is -4.28. The van der Waals surface area contributed by atoms with Crippen molar-refractivity contribution >= 4 is 17.7 Å². The number of nitrogens with zero attached hydrogens (tertiary/aromatic N) is 4. The number of hydrogen-bond acceptors (Lipinski definition) is 6. The van der Waals surface area contributed by atoms with E-state index in [0.29, 0.717) is 23.7 Å². The summed E-state index contributed by atoms with van der Waals surface area (Å²) in [4.78, 5) is 19.1. The van der Waals surface area contributed by atoms with Crippen LogP contribution in [-0.2, 0) is 16.1 Å². The quantitative estimate of drug-likeness (QED) is 0.331. The van der Waals surface area contributed by atoms with E-state index in [1.54, 1.807) is 24.5 Å². The smallest absolute Gasteiger partial charge is 0.367 e. The highest BCUT2D eigenvalue weighted by Gasteiger charge is 2.27. The highest BCUT2D eigenvalue weighted by Crippen LogP contribution is 2.36. The van der Waals surface area contributed by atoms with Crippen LogP contribution in [0, 0.1) is 13.8 Å². The van der Waals surface area contributed by atoms with Crippen molar-refractivity contribution in [1.82, 2.24) is 19.5 Å². The molecule has 1 aromatic carbocycles. The summed E-state index contributed by atoms with van der Waals surface area (Å²) in [6, 6.07) is 9.18. The largest absolute Gasteiger partial charge is 0.411 e. The molecule has 0 unspecified atom stereocenters. The average molecular weight is 502 g/mol. The summed E-state index contributed by atoms with van der Waals surface area (Å²) in [6.45, 7) is 2.52. The third-order valence-electron chi connectivity index (χ3n) is 5.89. The van der Waals surface area contributed by atoms with Crippen molar-refractivity contribution in [2.45, 2.75) is 51.8 Å². The number of ether oxygens (including phenoxy) is 1. The number of fused-ring (bicyclic) bond motifs is 1. The van der Waals surface area contributed by atoms with Gasteiger partial charge in [-0.15, -0.1) is 0 Å². The topological polar surface area (TPSA) is 94.6 Å². The van der Waals surface area contributed by atoms with Crippen LogP contribution >= 0.6 is 0 Å². The Balaban J connectivity index is 0.000000170. The van der Waals surface area contributed by atoms with Crippen LogP contribution in [-0.4, -0.2) is 38.7 Å². The molecule has 0 saturated heterocycles. The Morgan fingerprint density at radius 3 is 2.72 bits per heavy atom. The first-order valence-electron chi connectivity index (χ1n) is 11.5. The van der Waals surface area contributed by atoms with Crippen molar-refractivity contribution in [3.05, 3.63) is 65.4 Å². The Hall–Kier alpha value is -3.73. The first-order chi connectivity index (χ1) is 17.2. The number of aryl methyl sites for hydroxylation is 2. The van der Waals surface area contributed by atoms with Gasteiger partial charge in [0.05, 0.1) is 6.61 Å². The summed E-state index contributed by atoms with van der Waals surface area (Å²) < 4.78 is 47.4. The van der Waals surface area contributed by atoms with Gasteiger partial charge in [-0.1, -0.05) is 29.8 Å². The van der Waals surface area contributed by atoms with Crippen LogP contribution in [0.4, 0.5) is 18.9 Å². The normalized spacial score (nSPS) is 13.7. The summed E-state index contributed by atoms with van der Waals surface area (Å²) >= 11 is 0. The van der Waals surface area contributed by atoms with Gasteiger partial charge in [0.1, 0.15) is 12.3 Å². The van der Waals surface area contributed by atoms with Gasteiger partial charge in [-0.25, -0.2) is 4.98 Å². The molecule has 0 aliphatic heterocycles. The number of hydrogen-bond donors (Lipinski definition) is 1. The van der Waals surface area contributed by atoms with Gasteiger partial charge in [-0.2, -0.15) is 18.2 Å². The zero-order valence-corrected chi connectivity index (χ0v) is 19.9. The van der Waals surface area contributed by atoms with Gasteiger partial charge in [0.15, 0.2) is 0 Å². The van der Waals surface area contributed by atoms with Crippen molar-refractivity contribution in [3.8, 4) is 11.4 Å². The molecule has 36 heavy (non-hydrogen) atoms. The number of aromatic nitrogens is 4. The molecule has 5 rings (SSSR count). The molecule has 1 amide bonds. The van der Waals surface area contributed by atoms with Crippen LogP contribution in [0.1, 0.15) is 47.9 Å². The molecule has 0 bridgehead atoms. The fourth-order valence-electron chi connectivity index (χ4n) is 3.67. The number of halogens is 3.